The molecule has 2 aliphatic heterocycles. The van der Waals surface area contributed by atoms with Gasteiger partial charge in [0.2, 0.25) is 5.24 Å². The highest BCUT2D eigenvalue weighted by atomic mass is 35.5. The maximum atomic E-state index is 12.4. The van der Waals surface area contributed by atoms with Crippen molar-refractivity contribution in [2.24, 2.45) is 5.92 Å². The molecule has 2 saturated heterocycles. The molecule has 1 aromatic carbocycles. The summed E-state index contributed by atoms with van der Waals surface area (Å²) in [6.07, 6.45) is 3.90. The van der Waals surface area contributed by atoms with Crippen molar-refractivity contribution < 1.29 is 14.3 Å². The molecule has 118 valence electrons. The van der Waals surface area contributed by atoms with E-state index >= 15 is 0 Å². The summed E-state index contributed by atoms with van der Waals surface area (Å²) < 4.78 is 5.46. The Kier molecular flexibility index (Phi) is 4.67. The highest BCUT2D eigenvalue weighted by Crippen LogP contribution is 2.40. The fraction of sp³-hybridized carbons (Fsp3) is 0.529. The zero-order valence-corrected chi connectivity index (χ0v) is 13.2. The van der Waals surface area contributed by atoms with E-state index in [-0.39, 0.29) is 23.4 Å². The molecule has 0 saturated carbocycles. The van der Waals surface area contributed by atoms with Crippen molar-refractivity contribution in [3.05, 3.63) is 35.9 Å². The van der Waals surface area contributed by atoms with Crippen molar-refractivity contribution in [1.82, 2.24) is 4.90 Å². The number of carbonyl (C=O) groups excluding carboxylic acids is 2. The second-order valence-electron chi connectivity index (χ2n) is 6.23. The normalized spacial score (nSPS) is 26.8. The van der Waals surface area contributed by atoms with Crippen LogP contribution in [0, 0.1) is 5.92 Å². The smallest absolute Gasteiger partial charge is 0.410 e. The molecule has 0 N–H and O–H groups in total. The standard InChI is InChI=1S/C17H20ClNO3/c18-16(20)10-13-8-14-6-7-15(9-13)19(14)17(21)22-11-12-4-2-1-3-5-12/h1-5,13-15H,6-11H2. The van der Waals surface area contributed by atoms with Gasteiger partial charge >= 0.3 is 6.09 Å². The lowest BCUT2D eigenvalue weighted by Crippen LogP contribution is -2.46. The van der Waals surface area contributed by atoms with Crippen LogP contribution < -0.4 is 0 Å². The van der Waals surface area contributed by atoms with Gasteiger partial charge in [-0.15, -0.1) is 0 Å². The van der Waals surface area contributed by atoms with Crippen molar-refractivity contribution in [2.45, 2.75) is 50.8 Å². The number of rotatable bonds is 4. The number of carbonyl (C=O) groups is 2. The SMILES string of the molecule is O=C(Cl)CC1CC2CCC(C1)N2C(=O)OCc1ccccc1. The van der Waals surface area contributed by atoms with Crippen LogP contribution in [0.5, 0.6) is 0 Å². The van der Waals surface area contributed by atoms with Crippen LogP contribution in [-0.2, 0) is 16.1 Å². The second kappa shape index (κ2) is 6.69. The molecule has 4 nitrogen and oxygen atoms in total. The van der Waals surface area contributed by atoms with Gasteiger partial charge in [-0.25, -0.2) is 4.79 Å². The Balaban J connectivity index is 1.57. The molecular formula is C17H20ClNO3. The Bertz CT molecular complexity index is 534. The third-order valence-electron chi connectivity index (χ3n) is 4.70. The Hall–Kier alpha value is -1.55. The van der Waals surface area contributed by atoms with Gasteiger partial charge in [0.05, 0.1) is 0 Å². The lowest BCUT2D eigenvalue weighted by Gasteiger charge is -2.37. The largest absolute Gasteiger partial charge is 0.445 e. The van der Waals surface area contributed by atoms with E-state index in [1.807, 2.05) is 35.2 Å². The summed E-state index contributed by atoms with van der Waals surface area (Å²) in [7, 11) is 0. The Morgan fingerprint density at radius 1 is 1.14 bits per heavy atom. The maximum Gasteiger partial charge on any atom is 0.410 e. The summed E-state index contributed by atoms with van der Waals surface area (Å²) in [6.45, 7) is 0.305. The van der Waals surface area contributed by atoms with Crippen LogP contribution in [0.15, 0.2) is 30.3 Å². The van der Waals surface area contributed by atoms with Gasteiger partial charge in [-0.1, -0.05) is 30.3 Å². The van der Waals surface area contributed by atoms with E-state index in [0.29, 0.717) is 18.9 Å². The molecule has 1 amide bonds. The summed E-state index contributed by atoms with van der Waals surface area (Å²) in [5.74, 6) is 0.306. The lowest BCUT2D eigenvalue weighted by atomic mass is 9.89. The van der Waals surface area contributed by atoms with Crippen LogP contribution in [0.3, 0.4) is 0 Å². The minimum absolute atomic E-state index is 0.197. The van der Waals surface area contributed by atoms with Gasteiger partial charge in [0.1, 0.15) is 6.61 Å². The summed E-state index contributed by atoms with van der Waals surface area (Å²) >= 11 is 5.50. The van der Waals surface area contributed by atoms with Crippen LogP contribution >= 0.6 is 11.6 Å². The van der Waals surface area contributed by atoms with Crippen LogP contribution in [0.4, 0.5) is 4.79 Å². The third kappa shape index (κ3) is 3.43. The summed E-state index contributed by atoms with van der Waals surface area (Å²) in [5, 5.41) is -0.274. The molecule has 1 aromatic rings. The molecular weight excluding hydrogens is 302 g/mol. The highest BCUT2D eigenvalue weighted by Gasteiger charge is 2.44. The Labute approximate surface area is 135 Å². The number of fused-ring (bicyclic) bond motifs is 2. The number of amides is 1. The van der Waals surface area contributed by atoms with Gasteiger partial charge < -0.3 is 9.64 Å². The first kappa shape index (κ1) is 15.3. The molecule has 2 unspecified atom stereocenters. The molecule has 3 rings (SSSR count). The quantitative estimate of drug-likeness (QED) is 0.794. The maximum absolute atomic E-state index is 12.4. The topological polar surface area (TPSA) is 46.6 Å². The summed E-state index contributed by atoms with van der Waals surface area (Å²) in [6, 6.07) is 10.1. The molecule has 2 aliphatic rings. The monoisotopic (exact) mass is 321 g/mol. The summed E-state index contributed by atoms with van der Waals surface area (Å²) in [4.78, 5) is 25.3. The molecule has 2 bridgehead atoms. The molecule has 2 atom stereocenters. The Morgan fingerprint density at radius 3 is 2.36 bits per heavy atom. The molecule has 2 heterocycles. The molecule has 0 aromatic heterocycles. The molecule has 0 aliphatic carbocycles. The lowest BCUT2D eigenvalue weighted by molar-refractivity contribution is -0.112. The molecule has 5 heteroatoms. The average molecular weight is 322 g/mol. The van der Waals surface area contributed by atoms with Crippen molar-refractivity contribution >= 4 is 22.9 Å². The first-order chi connectivity index (χ1) is 10.6. The zero-order valence-electron chi connectivity index (χ0n) is 12.4. The molecule has 22 heavy (non-hydrogen) atoms. The average Bonchev–Trinajstić information content (AvgIpc) is 2.77. The fourth-order valence-corrected chi connectivity index (χ4v) is 3.99. The van der Waals surface area contributed by atoms with E-state index in [2.05, 4.69) is 0 Å². The molecule has 0 spiro atoms. The van der Waals surface area contributed by atoms with E-state index in [0.717, 1.165) is 31.2 Å². The van der Waals surface area contributed by atoms with Gasteiger partial charge in [0.15, 0.2) is 0 Å². The van der Waals surface area contributed by atoms with Gasteiger partial charge in [0.25, 0.3) is 0 Å². The van der Waals surface area contributed by atoms with Gasteiger partial charge in [-0.05, 0) is 48.8 Å². The van der Waals surface area contributed by atoms with Crippen molar-refractivity contribution in [2.75, 3.05) is 0 Å². The summed E-state index contributed by atoms with van der Waals surface area (Å²) in [5.41, 5.74) is 0.991. The minimum Gasteiger partial charge on any atom is -0.445 e. The van der Waals surface area contributed by atoms with Gasteiger partial charge in [0, 0.05) is 18.5 Å². The number of hydrogen-bond acceptors (Lipinski definition) is 3. The molecule has 0 radical (unpaired) electrons. The van der Waals surface area contributed by atoms with Crippen molar-refractivity contribution in [3.63, 3.8) is 0 Å². The zero-order chi connectivity index (χ0) is 15.5. The van der Waals surface area contributed by atoms with Gasteiger partial charge in [-0.3, -0.25) is 4.79 Å². The van der Waals surface area contributed by atoms with Crippen molar-refractivity contribution in [3.8, 4) is 0 Å². The fourth-order valence-electron chi connectivity index (χ4n) is 3.78. The number of benzene rings is 1. The van der Waals surface area contributed by atoms with Crippen LogP contribution in [0.1, 0.15) is 37.7 Å². The van der Waals surface area contributed by atoms with Crippen LogP contribution in [0.25, 0.3) is 0 Å². The van der Waals surface area contributed by atoms with Crippen molar-refractivity contribution in [1.29, 1.82) is 0 Å². The predicted octanol–water partition coefficient (Wildman–Crippen LogP) is 3.72. The number of piperidine rings is 1. The third-order valence-corrected chi connectivity index (χ3v) is 4.85. The first-order valence-corrected chi connectivity index (χ1v) is 8.18. The highest BCUT2D eigenvalue weighted by molar-refractivity contribution is 6.63. The van der Waals surface area contributed by atoms with E-state index in [1.54, 1.807) is 0 Å². The predicted molar refractivity (Wildman–Crippen MR) is 83.5 cm³/mol. The van der Waals surface area contributed by atoms with E-state index in [9.17, 15) is 9.59 Å². The molecule has 2 fully saturated rings. The Morgan fingerprint density at radius 2 is 1.77 bits per heavy atom. The van der Waals surface area contributed by atoms with E-state index < -0.39 is 0 Å². The van der Waals surface area contributed by atoms with Crippen LogP contribution in [-0.4, -0.2) is 28.3 Å². The second-order valence-corrected chi connectivity index (χ2v) is 6.65. The first-order valence-electron chi connectivity index (χ1n) is 7.81. The number of hydrogen-bond donors (Lipinski definition) is 0. The van der Waals surface area contributed by atoms with E-state index in [4.69, 9.17) is 16.3 Å². The van der Waals surface area contributed by atoms with E-state index in [1.165, 1.54) is 0 Å². The van der Waals surface area contributed by atoms with Gasteiger partial charge in [-0.2, -0.15) is 0 Å². The number of nitrogens with zero attached hydrogens (tertiary/aromatic N) is 1. The number of halogens is 1. The minimum atomic E-state index is -0.274. The number of ether oxygens (including phenoxy) is 1. The van der Waals surface area contributed by atoms with Crippen LogP contribution in [0.2, 0.25) is 0 Å².